The third-order valence-corrected chi connectivity index (χ3v) is 4.83. The largest absolute Gasteiger partial charge is 0.281 e. The standard InChI is InChI=1S/C17H14BrNO2/c1-19-15(20)10-12-7-8-13(9-14(12)17(19)21)16(18)11-5-3-2-4-6-11/h2-9,16H,10H2,1H3. The van der Waals surface area contributed by atoms with Crippen molar-refractivity contribution in [2.75, 3.05) is 7.05 Å². The van der Waals surface area contributed by atoms with Gasteiger partial charge < -0.3 is 0 Å². The summed E-state index contributed by atoms with van der Waals surface area (Å²) in [6.45, 7) is 0. The van der Waals surface area contributed by atoms with Gasteiger partial charge in [-0.05, 0) is 22.8 Å². The molecule has 1 unspecified atom stereocenters. The lowest BCUT2D eigenvalue weighted by Gasteiger charge is -2.24. The van der Waals surface area contributed by atoms with Crippen molar-refractivity contribution >= 4 is 27.7 Å². The van der Waals surface area contributed by atoms with Gasteiger partial charge in [0.15, 0.2) is 0 Å². The number of carbonyl (C=O) groups is 2. The van der Waals surface area contributed by atoms with Crippen LogP contribution in [0.1, 0.15) is 31.9 Å². The van der Waals surface area contributed by atoms with Gasteiger partial charge in [-0.3, -0.25) is 14.5 Å². The second-order valence-electron chi connectivity index (χ2n) is 5.12. The molecule has 0 saturated heterocycles. The quantitative estimate of drug-likeness (QED) is 0.619. The van der Waals surface area contributed by atoms with Crippen molar-refractivity contribution in [3.8, 4) is 0 Å². The van der Waals surface area contributed by atoms with Crippen LogP contribution in [0, 0.1) is 0 Å². The molecule has 2 aromatic rings. The SMILES string of the molecule is CN1C(=O)Cc2ccc(C(Br)c3ccccc3)cc2C1=O. The summed E-state index contributed by atoms with van der Waals surface area (Å²) in [6, 6.07) is 15.8. The summed E-state index contributed by atoms with van der Waals surface area (Å²) < 4.78 is 0. The molecule has 2 aromatic carbocycles. The molecule has 1 heterocycles. The van der Waals surface area contributed by atoms with Crippen LogP contribution in [0.2, 0.25) is 0 Å². The van der Waals surface area contributed by atoms with E-state index in [9.17, 15) is 9.59 Å². The molecule has 0 bridgehead atoms. The zero-order chi connectivity index (χ0) is 15.0. The number of hydrogen-bond donors (Lipinski definition) is 0. The van der Waals surface area contributed by atoms with Crippen LogP contribution in [0.25, 0.3) is 0 Å². The van der Waals surface area contributed by atoms with Crippen molar-refractivity contribution in [2.24, 2.45) is 0 Å². The third kappa shape index (κ3) is 2.51. The topological polar surface area (TPSA) is 37.4 Å². The Bertz CT molecular complexity index is 712. The lowest BCUT2D eigenvalue weighted by Crippen LogP contribution is -2.39. The lowest BCUT2D eigenvalue weighted by atomic mass is 9.94. The smallest absolute Gasteiger partial charge is 0.260 e. The molecular formula is C17H14BrNO2. The first-order chi connectivity index (χ1) is 10.1. The number of amides is 2. The molecule has 0 radical (unpaired) electrons. The first-order valence-electron chi connectivity index (χ1n) is 6.70. The predicted octanol–water partition coefficient (Wildman–Crippen LogP) is 3.33. The van der Waals surface area contributed by atoms with Crippen LogP contribution in [0.4, 0.5) is 0 Å². The Kier molecular flexibility index (Phi) is 3.64. The highest BCUT2D eigenvalue weighted by Crippen LogP contribution is 2.32. The van der Waals surface area contributed by atoms with E-state index in [4.69, 9.17) is 0 Å². The van der Waals surface area contributed by atoms with E-state index < -0.39 is 0 Å². The van der Waals surface area contributed by atoms with E-state index in [-0.39, 0.29) is 23.1 Å². The van der Waals surface area contributed by atoms with Crippen molar-refractivity contribution in [1.82, 2.24) is 4.90 Å². The third-order valence-electron chi connectivity index (χ3n) is 3.77. The van der Waals surface area contributed by atoms with Crippen LogP contribution >= 0.6 is 15.9 Å². The fourth-order valence-electron chi connectivity index (χ4n) is 2.49. The molecule has 106 valence electrons. The van der Waals surface area contributed by atoms with Gasteiger partial charge in [0.2, 0.25) is 5.91 Å². The summed E-state index contributed by atoms with van der Waals surface area (Å²) in [4.78, 5) is 25.2. The summed E-state index contributed by atoms with van der Waals surface area (Å²) in [5.74, 6) is -0.380. The summed E-state index contributed by atoms with van der Waals surface area (Å²) >= 11 is 3.68. The van der Waals surface area contributed by atoms with Gasteiger partial charge in [-0.1, -0.05) is 58.4 Å². The second-order valence-corrected chi connectivity index (χ2v) is 6.04. The maximum atomic E-state index is 12.2. The molecule has 1 aliphatic heterocycles. The summed E-state index contributed by atoms with van der Waals surface area (Å²) in [6.07, 6.45) is 0.288. The highest BCUT2D eigenvalue weighted by molar-refractivity contribution is 9.09. The number of alkyl halides is 1. The minimum atomic E-state index is -0.226. The number of rotatable bonds is 2. The Labute approximate surface area is 131 Å². The number of halogens is 1. The number of nitrogens with zero attached hydrogens (tertiary/aromatic N) is 1. The van der Waals surface area contributed by atoms with Crippen LogP contribution < -0.4 is 0 Å². The maximum absolute atomic E-state index is 12.2. The van der Waals surface area contributed by atoms with Gasteiger partial charge in [0, 0.05) is 12.6 Å². The van der Waals surface area contributed by atoms with E-state index in [1.54, 1.807) is 0 Å². The number of hydrogen-bond acceptors (Lipinski definition) is 2. The summed E-state index contributed by atoms with van der Waals surface area (Å²) in [7, 11) is 1.53. The second kappa shape index (κ2) is 5.45. The minimum Gasteiger partial charge on any atom is -0.281 e. The predicted molar refractivity (Wildman–Crippen MR) is 84.5 cm³/mol. The van der Waals surface area contributed by atoms with Gasteiger partial charge in [-0.2, -0.15) is 0 Å². The highest BCUT2D eigenvalue weighted by Gasteiger charge is 2.28. The van der Waals surface area contributed by atoms with Crippen LogP contribution in [-0.2, 0) is 11.2 Å². The first kappa shape index (κ1) is 14.0. The Morgan fingerprint density at radius 2 is 1.76 bits per heavy atom. The molecule has 0 aromatic heterocycles. The molecule has 1 atom stereocenters. The van der Waals surface area contributed by atoms with Crippen LogP contribution in [0.15, 0.2) is 48.5 Å². The number of benzene rings is 2. The van der Waals surface area contributed by atoms with Gasteiger partial charge in [0.05, 0.1) is 11.2 Å². The summed E-state index contributed by atoms with van der Waals surface area (Å²) in [5, 5.41) is 0. The molecule has 3 nitrogen and oxygen atoms in total. The monoisotopic (exact) mass is 343 g/mol. The fraction of sp³-hybridized carbons (Fsp3) is 0.176. The molecule has 2 amide bonds. The van der Waals surface area contributed by atoms with Crippen LogP contribution in [0.5, 0.6) is 0 Å². The van der Waals surface area contributed by atoms with Crippen molar-refractivity contribution in [3.05, 3.63) is 70.8 Å². The maximum Gasteiger partial charge on any atom is 0.260 e. The Morgan fingerprint density at radius 3 is 2.48 bits per heavy atom. The number of carbonyl (C=O) groups excluding carboxylic acids is 2. The van der Waals surface area contributed by atoms with E-state index in [0.29, 0.717) is 5.56 Å². The molecule has 0 N–H and O–H groups in total. The summed E-state index contributed by atoms with van der Waals surface area (Å²) in [5.41, 5.74) is 3.57. The van der Waals surface area contributed by atoms with Gasteiger partial charge in [-0.25, -0.2) is 0 Å². The molecule has 0 fully saturated rings. The molecule has 4 heteroatoms. The van der Waals surface area contributed by atoms with E-state index >= 15 is 0 Å². The Balaban J connectivity index is 2.00. The molecule has 0 aliphatic carbocycles. The molecule has 1 aliphatic rings. The Hall–Kier alpha value is -1.94. The van der Waals surface area contributed by atoms with E-state index in [0.717, 1.165) is 16.7 Å². The average Bonchev–Trinajstić information content (AvgIpc) is 2.53. The zero-order valence-electron chi connectivity index (χ0n) is 11.5. The van der Waals surface area contributed by atoms with Crippen molar-refractivity contribution in [3.63, 3.8) is 0 Å². The van der Waals surface area contributed by atoms with Gasteiger partial charge in [0.1, 0.15) is 0 Å². The molecule has 0 saturated carbocycles. The number of likely N-dealkylation sites (N-methyl/N-ethyl adjacent to an activating group) is 1. The van der Waals surface area contributed by atoms with Gasteiger partial charge in [0.25, 0.3) is 5.91 Å². The number of fused-ring (bicyclic) bond motifs is 1. The molecule has 0 spiro atoms. The van der Waals surface area contributed by atoms with Gasteiger partial charge in [-0.15, -0.1) is 0 Å². The molecule has 3 rings (SSSR count). The van der Waals surface area contributed by atoms with Crippen molar-refractivity contribution < 1.29 is 9.59 Å². The molecular weight excluding hydrogens is 330 g/mol. The van der Waals surface area contributed by atoms with Crippen LogP contribution in [0.3, 0.4) is 0 Å². The minimum absolute atomic E-state index is 0.0275. The van der Waals surface area contributed by atoms with Crippen LogP contribution in [-0.4, -0.2) is 23.8 Å². The normalized spacial score (nSPS) is 15.8. The van der Waals surface area contributed by atoms with Gasteiger partial charge >= 0.3 is 0 Å². The van der Waals surface area contributed by atoms with Crippen molar-refractivity contribution in [1.29, 1.82) is 0 Å². The average molecular weight is 344 g/mol. The van der Waals surface area contributed by atoms with E-state index in [2.05, 4.69) is 15.9 Å². The Morgan fingerprint density at radius 1 is 1.05 bits per heavy atom. The highest BCUT2D eigenvalue weighted by atomic mass is 79.9. The number of imide groups is 1. The fourth-order valence-corrected chi connectivity index (χ4v) is 3.08. The lowest BCUT2D eigenvalue weighted by molar-refractivity contribution is -0.127. The molecule has 21 heavy (non-hydrogen) atoms. The first-order valence-corrected chi connectivity index (χ1v) is 7.62. The van der Waals surface area contributed by atoms with Crippen molar-refractivity contribution in [2.45, 2.75) is 11.2 Å². The van der Waals surface area contributed by atoms with E-state index in [1.165, 1.54) is 11.9 Å². The zero-order valence-corrected chi connectivity index (χ0v) is 13.1. The van der Waals surface area contributed by atoms with E-state index in [1.807, 2.05) is 48.5 Å².